The normalized spacial score (nSPS) is 15.0. The number of benzene rings is 2. The maximum Gasteiger partial charge on any atom is 0.293 e. The fourth-order valence-corrected chi connectivity index (χ4v) is 3.84. The molecule has 30 heavy (non-hydrogen) atoms. The number of nitrogens with zero attached hydrogens (tertiary/aromatic N) is 1. The molecule has 0 saturated carbocycles. The summed E-state index contributed by atoms with van der Waals surface area (Å²) in [6.45, 7) is -0.273. The Hall–Kier alpha value is -2.55. The van der Waals surface area contributed by atoms with E-state index in [9.17, 15) is 18.8 Å². The molecule has 2 aromatic rings. The molecule has 1 heterocycles. The zero-order chi connectivity index (χ0) is 21.7. The highest BCUT2D eigenvalue weighted by atomic mass is 35.5. The number of hydrogen-bond acceptors (Lipinski definition) is 5. The van der Waals surface area contributed by atoms with E-state index in [2.05, 4.69) is 5.32 Å². The summed E-state index contributed by atoms with van der Waals surface area (Å²) >= 11 is 12.5. The summed E-state index contributed by atoms with van der Waals surface area (Å²) in [5.41, 5.74) is 0.217. The van der Waals surface area contributed by atoms with Gasteiger partial charge >= 0.3 is 0 Å². The van der Waals surface area contributed by atoms with Crippen molar-refractivity contribution in [3.8, 4) is 5.75 Å². The molecule has 1 saturated heterocycles. The van der Waals surface area contributed by atoms with Gasteiger partial charge in [0.15, 0.2) is 6.61 Å². The molecule has 1 fully saturated rings. The van der Waals surface area contributed by atoms with E-state index < -0.39 is 22.9 Å². The van der Waals surface area contributed by atoms with Crippen LogP contribution in [0, 0.1) is 5.82 Å². The second-order valence-corrected chi connectivity index (χ2v) is 7.91. The standard InChI is InChI=1S/C20H15Cl2FN2O4S/c21-13-5-6-16(14(22)10-13)29-11-18(26)24-7-8-25-19(27)17(30-20(25)28)9-12-3-1-2-4-15(12)23/h1-6,9-10H,7-8,11H2,(H,24,26)/b17-9-. The molecule has 0 aromatic heterocycles. The molecule has 0 spiro atoms. The molecule has 0 atom stereocenters. The average molecular weight is 469 g/mol. The first kappa shape index (κ1) is 22.1. The van der Waals surface area contributed by atoms with Gasteiger partial charge in [-0.05, 0) is 42.1 Å². The van der Waals surface area contributed by atoms with E-state index in [0.29, 0.717) is 10.8 Å². The number of thioether (sulfide) groups is 1. The molecule has 1 aliphatic heterocycles. The molecule has 0 aliphatic carbocycles. The van der Waals surface area contributed by atoms with Crippen LogP contribution in [0.3, 0.4) is 0 Å². The van der Waals surface area contributed by atoms with Crippen LogP contribution in [0.2, 0.25) is 10.0 Å². The van der Waals surface area contributed by atoms with Crippen LogP contribution in [0.15, 0.2) is 47.4 Å². The quantitative estimate of drug-likeness (QED) is 0.610. The highest BCUT2D eigenvalue weighted by Gasteiger charge is 2.34. The first-order valence-corrected chi connectivity index (χ1v) is 10.3. The number of hydrogen-bond donors (Lipinski definition) is 1. The van der Waals surface area contributed by atoms with Gasteiger partial charge in [-0.15, -0.1) is 0 Å². The molecule has 6 nitrogen and oxygen atoms in total. The Balaban J connectivity index is 1.49. The van der Waals surface area contributed by atoms with Crippen molar-refractivity contribution < 1.29 is 23.5 Å². The molecule has 0 unspecified atom stereocenters. The van der Waals surface area contributed by atoms with Crippen molar-refractivity contribution in [1.29, 1.82) is 0 Å². The molecule has 156 valence electrons. The number of rotatable bonds is 7. The third-order valence-electron chi connectivity index (χ3n) is 3.98. The predicted octanol–water partition coefficient (Wildman–Crippen LogP) is 4.36. The zero-order valence-electron chi connectivity index (χ0n) is 15.4. The highest BCUT2D eigenvalue weighted by molar-refractivity contribution is 8.18. The van der Waals surface area contributed by atoms with Gasteiger partial charge in [0, 0.05) is 23.7 Å². The summed E-state index contributed by atoms with van der Waals surface area (Å²) in [7, 11) is 0. The van der Waals surface area contributed by atoms with Crippen LogP contribution >= 0.6 is 35.0 Å². The molecule has 0 radical (unpaired) electrons. The second-order valence-electron chi connectivity index (χ2n) is 6.07. The molecule has 2 aromatic carbocycles. The largest absolute Gasteiger partial charge is 0.482 e. The van der Waals surface area contributed by atoms with Gasteiger partial charge in [0.2, 0.25) is 0 Å². The Morgan fingerprint density at radius 2 is 1.97 bits per heavy atom. The minimum Gasteiger partial charge on any atom is -0.482 e. The summed E-state index contributed by atoms with van der Waals surface area (Å²) in [4.78, 5) is 37.5. The second kappa shape index (κ2) is 9.97. The Bertz CT molecular complexity index is 1030. The summed E-state index contributed by atoms with van der Waals surface area (Å²) in [5, 5.41) is 2.79. The average Bonchev–Trinajstić information content (AvgIpc) is 2.96. The number of carbonyl (C=O) groups is 3. The first-order chi connectivity index (χ1) is 14.3. The molecule has 3 rings (SSSR count). The Morgan fingerprint density at radius 3 is 2.70 bits per heavy atom. The third-order valence-corrected chi connectivity index (χ3v) is 5.41. The van der Waals surface area contributed by atoms with Gasteiger partial charge in [-0.25, -0.2) is 4.39 Å². The number of amides is 3. The van der Waals surface area contributed by atoms with Crippen LogP contribution in [0.25, 0.3) is 6.08 Å². The lowest BCUT2D eigenvalue weighted by Gasteiger charge is -2.13. The van der Waals surface area contributed by atoms with E-state index in [4.69, 9.17) is 27.9 Å². The summed E-state index contributed by atoms with van der Waals surface area (Å²) < 4.78 is 19.1. The van der Waals surface area contributed by atoms with Gasteiger partial charge in [-0.2, -0.15) is 0 Å². The topological polar surface area (TPSA) is 75.7 Å². The lowest BCUT2D eigenvalue weighted by molar-refractivity contribution is -0.125. The first-order valence-electron chi connectivity index (χ1n) is 8.69. The fourth-order valence-electron chi connectivity index (χ4n) is 2.52. The van der Waals surface area contributed by atoms with Crippen LogP contribution < -0.4 is 10.1 Å². The van der Waals surface area contributed by atoms with Crippen molar-refractivity contribution in [2.45, 2.75) is 0 Å². The molecular formula is C20H15Cl2FN2O4S. The van der Waals surface area contributed by atoms with Crippen molar-refractivity contribution in [2.24, 2.45) is 0 Å². The van der Waals surface area contributed by atoms with E-state index in [1.165, 1.54) is 30.3 Å². The summed E-state index contributed by atoms with van der Waals surface area (Å²) in [6.07, 6.45) is 1.34. The van der Waals surface area contributed by atoms with Crippen molar-refractivity contribution in [2.75, 3.05) is 19.7 Å². The lowest BCUT2D eigenvalue weighted by Crippen LogP contribution is -2.38. The Morgan fingerprint density at radius 1 is 1.20 bits per heavy atom. The lowest BCUT2D eigenvalue weighted by atomic mass is 10.2. The van der Waals surface area contributed by atoms with E-state index in [0.717, 1.165) is 16.7 Å². The Labute approximate surface area is 186 Å². The third kappa shape index (κ3) is 5.53. The van der Waals surface area contributed by atoms with Crippen molar-refractivity contribution in [1.82, 2.24) is 10.2 Å². The maximum absolute atomic E-state index is 13.8. The van der Waals surface area contributed by atoms with Gasteiger partial charge in [-0.3, -0.25) is 19.3 Å². The van der Waals surface area contributed by atoms with Crippen molar-refractivity contribution in [3.63, 3.8) is 0 Å². The fraction of sp³-hybridized carbons (Fsp3) is 0.150. The van der Waals surface area contributed by atoms with E-state index in [-0.39, 0.29) is 35.2 Å². The van der Waals surface area contributed by atoms with Crippen LogP contribution in [0.5, 0.6) is 5.75 Å². The molecule has 1 N–H and O–H groups in total. The van der Waals surface area contributed by atoms with Gasteiger partial charge < -0.3 is 10.1 Å². The monoisotopic (exact) mass is 468 g/mol. The smallest absolute Gasteiger partial charge is 0.293 e. The van der Waals surface area contributed by atoms with Gasteiger partial charge in [0.1, 0.15) is 11.6 Å². The van der Waals surface area contributed by atoms with E-state index >= 15 is 0 Å². The zero-order valence-corrected chi connectivity index (χ0v) is 17.7. The van der Waals surface area contributed by atoms with E-state index in [1.54, 1.807) is 18.2 Å². The van der Waals surface area contributed by atoms with Crippen LogP contribution in [-0.2, 0) is 9.59 Å². The van der Waals surface area contributed by atoms with Gasteiger partial charge in [0.25, 0.3) is 17.1 Å². The number of halogens is 3. The molecule has 1 aliphatic rings. The van der Waals surface area contributed by atoms with Gasteiger partial charge in [-0.1, -0.05) is 41.4 Å². The minimum atomic E-state index is -0.535. The predicted molar refractivity (Wildman–Crippen MR) is 114 cm³/mol. The summed E-state index contributed by atoms with van der Waals surface area (Å²) in [6, 6.07) is 10.6. The SMILES string of the molecule is O=C(COc1ccc(Cl)cc1Cl)NCCN1C(=O)S/C(=C\c2ccccc2F)C1=O. The highest BCUT2D eigenvalue weighted by Crippen LogP contribution is 2.32. The summed E-state index contributed by atoms with van der Waals surface area (Å²) in [5.74, 6) is -1.17. The van der Waals surface area contributed by atoms with Crippen LogP contribution in [0.1, 0.15) is 5.56 Å². The van der Waals surface area contributed by atoms with Crippen LogP contribution in [0.4, 0.5) is 9.18 Å². The molecule has 0 bridgehead atoms. The number of ether oxygens (including phenoxy) is 1. The number of nitrogens with one attached hydrogen (secondary N) is 1. The minimum absolute atomic E-state index is 0.0211. The Kier molecular flexibility index (Phi) is 7.36. The van der Waals surface area contributed by atoms with E-state index in [1.807, 2.05) is 0 Å². The van der Waals surface area contributed by atoms with Crippen LogP contribution in [-0.4, -0.2) is 41.6 Å². The van der Waals surface area contributed by atoms with Crippen molar-refractivity contribution in [3.05, 3.63) is 68.8 Å². The van der Waals surface area contributed by atoms with Crippen molar-refractivity contribution >= 4 is 58.1 Å². The molecule has 10 heteroatoms. The number of carbonyl (C=O) groups excluding carboxylic acids is 3. The molecular weight excluding hydrogens is 454 g/mol. The molecule has 3 amide bonds. The van der Waals surface area contributed by atoms with Gasteiger partial charge in [0.05, 0.1) is 9.93 Å². The number of imide groups is 1. The maximum atomic E-state index is 13.8.